The van der Waals surface area contributed by atoms with E-state index in [1.54, 1.807) is 6.07 Å². The average molecular weight is 208 g/mol. The van der Waals surface area contributed by atoms with Crippen molar-refractivity contribution in [1.82, 2.24) is 0 Å². The van der Waals surface area contributed by atoms with Gasteiger partial charge >= 0.3 is 0 Å². The minimum absolute atomic E-state index is 0.0854. The molecule has 0 aliphatic rings. The Morgan fingerprint density at radius 3 is 2.86 bits per heavy atom. The van der Waals surface area contributed by atoms with Crippen molar-refractivity contribution in [2.45, 2.75) is 13.3 Å². The second-order valence-corrected chi connectivity index (χ2v) is 3.34. The van der Waals surface area contributed by atoms with E-state index in [-0.39, 0.29) is 6.42 Å². The Kier molecular flexibility index (Phi) is 3.55. The van der Waals surface area contributed by atoms with E-state index in [1.165, 1.54) is 0 Å². The first-order valence-corrected chi connectivity index (χ1v) is 4.50. The monoisotopic (exact) mass is 207 g/mol. The van der Waals surface area contributed by atoms with E-state index in [0.29, 0.717) is 5.02 Å². The van der Waals surface area contributed by atoms with Gasteiger partial charge in [0.05, 0.1) is 6.42 Å². The Morgan fingerprint density at radius 1 is 1.57 bits per heavy atom. The summed E-state index contributed by atoms with van der Waals surface area (Å²) in [5.41, 5.74) is 6.82. The summed E-state index contributed by atoms with van der Waals surface area (Å²) in [5, 5.41) is 0.683. The van der Waals surface area contributed by atoms with E-state index in [9.17, 15) is 4.79 Å². The number of halogens is 1. The summed E-state index contributed by atoms with van der Waals surface area (Å²) in [6.07, 6.45) is 0.0854. The lowest BCUT2D eigenvalue weighted by Gasteiger charge is -1.97. The van der Waals surface area contributed by atoms with Crippen LogP contribution in [0.15, 0.2) is 18.2 Å². The van der Waals surface area contributed by atoms with Gasteiger partial charge < -0.3 is 5.73 Å². The maximum absolute atomic E-state index is 10.4. The lowest BCUT2D eigenvalue weighted by molar-refractivity contribution is -0.117. The standard InChI is InChI=1S/C11H10ClNO/c1-8-7-10(12)6-5-9(8)3-2-4-11(13)14/h5-7H,4H2,1H3,(H2,13,14). The van der Waals surface area contributed by atoms with Crippen LogP contribution in [0.1, 0.15) is 17.5 Å². The highest BCUT2D eigenvalue weighted by atomic mass is 35.5. The number of nitrogens with two attached hydrogens (primary N) is 1. The van der Waals surface area contributed by atoms with Gasteiger partial charge in [-0.25, -0.2) is 0 Å². The molecule has 0 aliphatic heterocycles. The topological polar surface area (TPSA) is 43.1 Å². The summed E-state index contributed by atoms with van der Waals surface area (Å²) < 4.78 is 0. The highest BCUT2D eigenvalue weighted by Crippen LogP contribution is 2.13. The zero-order valence-electron chi connectivity index (χ0n) is 7.80. The smallest absolute Gasteiger partial charge is 0.229 e. The quantitative estimate of drug-likeness (QED) is 0.702. The highest BCUT2D eigenvalue weighted by molar-refractivity contribution is 6.30. The molecule has 0 radical (unpaired) electrons. The number of primary amides is 1. The zero-order valence-corrected chi connectivity index (χ0v) is 8.56. The number of hydrogen-bond donors (Lipinski definition) is 1. The van der Waals surface area contributed by atoms with Gasteiger partial charge in [0.15, 0.2) is 0 Å². The van der Waals surface area contributed by atoms with Crippen molar-refractivity contribution in [2.24, 2.45) is 5.73 Å². The number of carbonyl (C=O) groups is 1. The third-order valence-electron chi connectivity index (χ3n) is 1.67. The molecular weight excluding hydrogens is 198 g/mol. The van der Waals surface area contributed by atoms with E-state index >= 15 is 0 Å². The Bertz CT molecular complexity index is 415. The van der Waals surface area contributed by atoms with Crippen LogP contribution in [0, 0.1) is 18.8 Å². The van der Waals surface area contributed by atoms with Crippen molar-refractivity contribution >= 4 is 17.5 Å². The summed E-state index contributed by atoms with van der Waals surface area (Å²) in [6.45, 7) is 1.92. The summed E-state index contributed by atoms with van der Waals surface area (Å²) in [4.78, 5) is 10.4. The maximum atomic E-state index is 10.4. The fourth-order valence-corrected chi connectivity index (χ4v) is 1.22. The molecule has 0 spiro atoms. The molecule has 0 aromatic heterocycles. The van der Waals surface area contributed by atoms with E-state index in [1.807, 2.05) is 19.1 Å². The number of hydrogen-bond acceptors (Lipinski definition) is 1. The zero-order chi connectivity index (χ0) is 10.6. The molecule has 0 atom stereocenters. The van der Waals surface area contributed by atoms with Crippen LogP contribution in [0.4, 0.5) is 0 Å². The molecule has 0 saturated heterocycles. The third kappa shape index (κ3) is 3.12. The number of aryl methyl sites for hydroxylation is 1. The molecule has 1 amide bonds. The molecule has 0 aliphatic carbocycles. The molecule has 3 heteroatoms. The minimum atomic E-state index is -0.413. The van der Waals surface area contributed by atoms with Gasteiger partial charge in [-0.15, -0.1) is 0 Å². The van der Waals surface area contributed by atoms with Crippen LogP contribution in [0.25, 0.3) is 0 Å². The van der Waals surface area contributed by atoms with E-state index < -0.39 is 5.91 Å². The fraction of sp³-hybridized carbons (Fsp3) is 0.182. The van der Waals surface area contributed by atoms with Crippen LogP contribution in [-0.4, -0.2) is 5.91 Å². The molecule has 2 N–H and O–H groups in total. The van der Waals surface area contributed by atoms with Crippen LogP contribution < -0.4 is 5.73 Å². The number of carbonyl (C=O) groups excluding carboxylic acids is 1. The van der Waals surface area contributed by atoms with Crippen LogP contribution >= 0.6 is 11.6 Å². The van der Waals surface area contributed by atoms with Crippen molar-refractivity contribution in [3.63, 3.8) is 0 Å². The SMILES string of the molecule is Cc1cc(Cl)ccc1C#CCC(N)=O. The Hall–Kier alpha value is -1.46. The van der Waals surface area contributed by atoms with Crippen molar-refractivity contribution in [2.75, 3.05) is 0 Å². The first-order chi connectivity index (χ1) is 6.59. The first-order valence-electron chi connectivity index (χ1n) is 4.13. The van der Waals surface area contributed by atoms with Gasteiger partial charge in [-0.2, -0.15) is 0 Å². The van der Waals surface area contributed by atoms with Crippen LogP contribution in [-0.2, 0) is 4.79 Å². The number of rotatable bonds is 1. The van der Waals surface area contributed by atoms with Gasteiger partial charge in [0.2, 0.25) is 5.91 Å². The molecule has 1 aromatic rings. The predicted octanol–water partition coefficient (Wildman–Crippen LogP) is 1.88. The molecule has 2 nitrogen and oxygen atoms in total. The molecule has 0 unspecified atom stereocenters. The largest absolute Gasteiger partial charge is 0.369 e. The molecule has 0 saturated carbocycles. The van der Waals surface area contributed by atoms with Crippen LogP contribution in [0.2, 0.25) is 5.02 Å². The van der Waals surface area contributed by atoms with Gasteiger partial charge in [0.25, 0.3) is 0 Å². The fourth-order valence-electron chi connectivity index (χ4n) is 0.994. The van der Waals surface area contributed by atoms with E-state index in [4.69, 9.17) is 17.3 Å². The number of benzene rings is 1. The van der Waals surface area contributed by atoms with Crippen LogP contribution in [0.3, 0.4) is 0 Å². The normalized spacial score (nSPS) is 9.00. The summed E-state index contributed by atoms with van der Waals surface area (Å²) in [6, 6.07) is 5.42. The second-order valence-electron chi connectivity index (χ2n) is 2.90. The van der Waals surface area contributed by atoms with E-state index in [2.05, 4.69) is 11.8 Å². The van der Waals surface area contributed by atoms with Crippen molar-refractivity contribution in [3.05, 3.63) is 34.3 Å². The third-order valence-corrected chi connectivity index (χ3v) is 1.91. The summed E-state index contributed by atoms with van der Waals surface area (Å²) in [5.74, 6) is 5.14. The molecule has 0 heterocycles. The van der Waals surface area contributed by atoms with Gasteiger partial charge in [-0.1, -0.05) is 23.4 Å². The van der Waals surface area contributed by atoms with Crippen molar-refractivity contribution < 1.29 is 4.79 Å². The Balaban J connectivity index is 2.85. The second kappa shape index (κ2) is 4.69. The Morgan fingerprint density at radius 2 is 2.29 bits per heavy atom. The van der Waals surface area contributed by atoms with Gasteiger partial charge in [-0.3, -0.25) is 4.79 Å². The van der Waals surface area contributed by atoms with E-state index in [0.717, 1.165) is 11.1 Å². The van der Waals surface area contributed by atoms with Crippen LogP contribution in [0.5, 0.6) is 0 Å². The minimum Gasteiger partial charge on any atom is -0.369 e. The molecule has 1 rings (SSSR count). The highest BCUT2D eigenvalue weighted by Gasteiger charge is 1.95. The maximum Gasteiger partial charge on any atom is 0.229 e. The lowest BCUT2D eigenvalue weighted by atomic mass is 10.1. The number of amides is 1. The average Bonchev–Trinajstić information content (AvgIpc) is 2.08. The summed E-state index contributed by atoms with van der Waals surface area (Å²) >= 11 is 5.78. The molecule has 72 valence electrons. The molecule has 1 aromatic carbocycles. The van der Waals surface area contributed by atoms with Gasteiger partial charge in [0, 0.05) is 10.6 Å². The molecule has 0 bridgehead atoms. The van der Waals surface area contributed by atoms with Crippen molar-refractivity contribution in [3.8, 4) is 11.8 Å². The van der Waals surface area contributed by atoms with Gasteiger partial charge in [0.1, 0.15) is 0 Å². The van der Waals surface area contributed by atoms with Crippen molar-refractivity contribution in [1.29, 1.82) is 0 Å². The lowest BCUT2D eigenvalue weighted by Crippen LogP contribution is -2.08. The Labute approximate surface area is 88.1 Å². The first kappa shape index (κ1) is 10.6. The molecule has 0 fully saturated rings. The van der Waals surface area contributed by atoms with Gasteiger partial charge in [-0.05, 0) is 30.7 Å². The summed E-state index contributed by atoms with van der Waals surface area (Å²) in [7, 11) is 0. The molecule has 14 heavy (non-hydrogen) atoms. The molecular formula is C11H10ClNO. The predicted molar refractivity (Wildman–Crippen MR) is 56.9 cm³/mol.